The van der Waals surface area contributed by atoms with Crippen LogP contribution in [-0.4, -0.2) is 34.8 Å². The molecule has 1 aromatic heterocycles. The zero-order chi connectivity index (χ0) is 18.0. The molecule has 130 valence electrons. The Morgan fingerprint density at radius 1 is 1.24 bits per heavy atom. The van der Waals surface area contributed by atoms with Gasteiger partial charge in [0, 0.05) is 32.1 Å². The maximum atomic E-state index is 12.4. The minimum Gasteiger partial charge on any atom is -0.468 e. The van der Waals surface area contributed by atoms with Crippen LogP contribution in [0, 0.1) is 0 Å². The van der Waals surface area contributed by atoms with Gasteiger partial charge in [0.15, 0.2) is 5.78 Å². The van der Waals surface area contributed by atoms with Gasteiger partial charge in [-0.05, 0) is 24.1 Å². The van der Waals surface area contributed by atoms with E-state index in [1.807, 2.05) is 0 Å². The molecule has 1 aliphatic rings. The van der Waals surface area contributed by atoms with Crippen LogP contribution in [0.1, 0.15) is 44.9 Å². The van der Waals surface area contributed by atoms with Gasteiger partial charge >= 0.3 is 6.09 Å². The van der Waals surface area contributed by atoms with Gasteiger partial charge in [0.25, 0.3) is 5.91 Å². The maximum absolute atomic E-state index is 12.4. The van der Waals surface area contributed by atoms with Crippen molar-refractivity contribution in [2.45, 2.75) is 25.8 Å². The van der Waals surface area contributed by atoms with Crippen molar-refractivity contribution < 1.29 is 23.9 Å². The van der Waals surface area contributed by atoms with Gasteiger partial charge in [-0.3, -0.25) is 9.59 Å². The summed E-state index contributed by atoms with van der Waals surface area (Å²) in [6, 6.07) is 6.87. The fourth-order valence-corrected chi connectivity index (χ4v) is 2.82. The number of hydrogen-bond donors (Lipinski definition) is 2. The molecule has 2 N–H and O–H groups in total. The van der Waals surface area contributed by atoms with E-state index in [0.717, 1.165) is 16.9 Å². The van der Waals surface area contributed by atoms with Gasteiger partial charge < -0.3 is 19.7 Å². The summed E-state index contributed by atoms with van der Waals surface area (Å²) >= 11 is 0. The van der Waals surface area contributed by atoms with E-state index in [2.05, 4.69) is 5.32 Å². The molecule has 0 saturated heterocycles. The van der Waals surface area contributed by atoms with Crippen LogP contribution < -0.4 is 5.32 Å². The molecule has 1 heterocycles. The highest BCUT2D eigenvalue weighted by molar-refractivity contribution is 6.13. The summed E-state index contributed by atoms with van der Waals surface area (Å²) in [7, 11) is 1.48. The highest BCUT2D eigenvalue weighted by Gasteiger charge is 2.27. The van der Waals surface area contributed by atoms with E-state index < -0.39 is 12.0 Å². The van der Waals surface area contributed by atoms with Crippen molar-refractivity contribution in [2.75, 3.05) is 12.4 Å². The zero-order valence-corrected chi connectivity index (χ0v) is 13.7. The van der Waals surface area contributed by atoms with Crippen molar-refractivity contribution in [1.29, 1.82) is 0 Å². The first kappa shape index (κ1) is 16.8. The number of furan rings is 1. The second kappa shape index (κ2) is 6.80. The van der Waals surface area contributed by atoms with Crippen molar-refractivity contribution in [3.05, 3.63) is 53.0 Å². The summed E-state index contributed by atoms with van der Waals surface area (Å²) in [5.41, 5.74) is 2.02. The molecule has 0 atom stereocenters. The Morgan fingerprint density at radius 2 is 1.96 bits per heavy atom. The first-order chi connectivity index (χ1) is 12.0. The highest BCUT2D eigenvalue weighted by Crippen LogP contribution is 2.27. The number of carboxylic acid groups (broad SMARTS) is 1. The molecule has 0 unspecified atom stereocenters. The number of nitrogens with zero attached hydrogens (tertiary/aromatic N) is 1. The SMILES string of the molecule is CN(Cc1ccc(NC(=O)c2coc3c2C(=O)CCC3)cc1)C(=O)O. The third-order valence-electron chi connectivity index (χ3n) is 4.16. The largest absolute Gasteiger partial charge is 0.468 e. The molecule has 3 rings (SSSR count). The van der Waals surface area contributed by atoms with Crippen LogP contribution in [0.4, 0.5) is 10.5 Å². The predicted octanol–water partition coefficient (Wildman–Crippen LogP) is 3.16. The number of carbonyl (C=O) groups is 3. The maximum Gasteiger partial charge on any atom is 0.407 e. The number of anilines is 1. The number of carbonyl (C=O) groups excluding carboxylic acids is 2. The van der Waals surface area contributed by atoms with Gasteiger partial charge in [0.2, 0.25) is 0 Å². The third kappa shape index (κ3) is 3.55. The molecular weight excluding hydrogens is 324 g/mol. The minimum atomic E-state index is -1.01. The smallest absolute Gasteiger partial charge is 0.407 e. The molecule has 0 fully saturated rings. The van der Waals surface area contributed by atoms with E-state index in [1.165, 1.54) is 13.3 Å². The van der Waals surface area contributed by atoms with E-state index in [4.69, 9.17) is 9.52 Å². The van der Waals surface area contributed by atoms with E-state index >= 15 is 0 Å². The molecule has 0 saturated carbocycles. The molecule has 2 amide bonds. The lowest BCUT2D eigenvalue weighted by atomic mass is 9.94. The Labute approximate surface area is 144 Å². The van der Waals surface area contributed by atoms with Gasteiger partial charge in [-0.1, -0.05) is 12.1 Å². The van der Waals surface area contributed by atoms with Gasteiger partial charge in [-0.15, -0.1) is 0 Å². The number of benzene rings is 1. The van der Waals surface area contributed by atoms with Gasteiger partial charge in [0.1, 0.15) is 12.0 Å². The van der Waals surface area contributed by atoms with Crippen molar-refractivity contribution >= 4 is 23.5 Å². The highest BCUT2D eigenvalue weighted by atomic mass is 16.4. The Kier molecular flexibility index (Phi) is 4.56. The van der Waals surface area contributed by atoms with Crippen LogP contribution in [0.15, 0.2) is 34.9 Å². The minimum absolute atomic E-state index is 0.0628. The molecule has 7 heteroatoms. The molecule has 0 bridgehead atoms. The first-order valence-corrected chi connectivity index (χ1v) is 7.93. The quantitative estimate of drug-likeness (QED) is 0.889. The van der Waals surface area contributed by atoms with Crippen molar-refractivity contribution in [3.8, 4) is 0 Å². The molecular formula is C18H18N2O5. The van der Waals surface area contributed by atoms with E-state index in [-0.39, 0.29) is 17.9 Å². The molecule has 1 aromatic carbocycles. The lowest BCUT2D eigenvalue weighted by Crippen LogP contribution is -2.23. The second-order valence-corrected chi connectivity index (χ2v) is 6.01. The average molecular weight is 342 g/mol. The van der Waals surface area contributed by atoms with Gasteiger partial charge in [0.05, 0.1) is 11.1 Å². The van der Waals surface area contributed by atoms with Crippen LogP contribution in [0.5, 0.6) is 0 Å². The second-order valence-electron chi connectivity index (χ2n) is 6.01. The molecule has 1 aliphatic carbocycles. The number of ketones is 1. The van der Waals surface area contributed by atoms with E-state index in [1.54, 1.807) is 24.3 Å². The monoisotopic (exact) mass is 342 g/mol. The van der Waals surface area contributed by atoms with Crippen LogP contribution in [0.3, 0.4) is 0 Å². The van der Waals surface area contributed by atoms with E-state index in [9.17, 15) is 14.4 Å². The Balaban J connectivity index is 1.71. The van der Waals surface area contributed by atoms with Crippen LogP contribution >= 0.6 is 0 Å². The number of aryl methyl sites for hydroxylation is 1. The lowest BCUT2D eigenvalue weighted by Gasteiger charge is -2.13. The van der Waals surface area contributed by atoms with Crippen LogP contribution in [0.2, 0.25) is 0 Å². The van der Waals surface area contributed by atoms with Crippen molar-refractivity contribution in [3.63, 3.8) is 0 Å². The summed E-state index contributed by atoms with van der Waals surface area (Å²) in [5.74, 6) is 0.122. The molecule has 0 radical (unpaired) electrons. The zero-order valence-electron chi connectivity index (χ0n) is 13.7. The standard InChI is InChI=1S/C18H18N2O5/c1-20(18(23)24)9-11-5-7-12(8-6-11)19-17(22)13-10-25-15-4-2-3-14(21)16(13)15/h5-8,10H,2-4,9H2,1H3,(H,19,22)(H,23,24). The number of fused-ring (bicyclic) bond motifs is 1. The number of nitrogens with one attached hydrogen (secondary N) is 1. The molecule has 25 heavy (non-hydrogen) atoms. The summed E-state index contributed by atoms with van der Waals surface area (Å²) < 4.78 is 5.36. The fraction of sp³-hybridized carbons (Fsp3) is 0.278. The number of amides is 2. The normalized spacial score (nSPS) is 13.2. The van der Waals surface area contributed by atoms with Crippen molar-refractivity contribution in [2.24, 2.45) is 0 Å². The number of hydrogen-bond acceptors (Lipinski definition) is 4. The molecule has 0 aliphatic heterocycles. The Hall–Kier alpha value is -3.09. The number of rotatable bonds is 4. The summed E-state index contributed by atoms with van der Waals surface area (Å²) in [5, 5.41) is 11.6. The Morgan fingerprint density at radius 3 is 2.64 bits per heavy atom. The molecule has 2 aromatic rings. The average Bonchev–Trinajstić information content (AvgIpc) is 3.02. The lowest BCUT2D eigenvalue weighted by molar-refractivity contribution is 0.0955. The summed E-state index contributed by atoms with van der Waals surface area (Å²) in [4.78, 5) is 36.5. The molecule has 0 spiro atoms. The fourth-order valence-electron chi connectivity index (χ4n) is 2.82. The topological polar surface area (TPSA) is 99.9 Å². The summed E-state index contributed by atoms with van der Waals surface area (Å²) in [6.45, 7) is 0.257. The van der Waals surface area contributed by atoms with Gasteiger partial charge in [-0.2, -0.15) is 0 Å². The molecule has 7 nitrogen and oxygen atoms in total. The van der Waals surface area contributed by atoms with E-state index in [0.29, 0.717) is 29.9 Å². The predicted molar refractivity (Wildman–Crippen MR) is 89.9 cm³/mol. The first-order valence-electron chi connectivity index (χ1n) is 7.93. The van der Waals surface area contributed by atoms with Crippen molar-refractivity contribution in [1.82, 2.24) is 4.90 Å². The Bertz CT molecular complexity index is 822. The number of Topliss-reactive ketones (excluding diaryl/α,β-unsaturated/α-hetero) is 1. The third-order valence-corrected chi connectivity index (χ3v) is 4.16. The van der Waals surface area contributed by atoms with Crippen LogP contribution in [0.25, 0.3) is 0 Å². The van der Waals surface area contributed by atoms with Gasteiger partial charge in [-0.25, -0.2) is 4.79 Å². The van der Waals surface area contributed by atoms with Crippen LogP contribution in [-0.2, 0) is 13.0 Å². The summed E-state index contributed by atoms with van der Waals surface area (Å²) in [6.07, 6.45) is 2.16.